The third-order valence-corrected chi connectivity index (χ3v) is 2.63. The third kappa shape index (κ3) is 5.13. The maximum absolute atomic E-state index is 11.5. The van der Waals surface area contributed by atoms with Gasteiger partial charge in [-0.3, -0.25) is 9.59 Å². The SMILES string of the molecule is CN(C)C(=O)CCCC(=O)NCc1ccc(C(=O)O)o1. The van der Waals surface area contributed by atoms with E-state index in [0.717, 1.165) is 0 Å². The largest absolute Gasteiger partial charge is 0.475 e. The van der Waals surface area contributed by atoms with Gasteiger partial charge in [0, 0.05) is 26.9 Å². The summed E-state index contributed by atoms with van der Waals surface area (Å²) in [7, 11) is 3.33. The molecule has 0 aromatic carbocycles. The van der Waals surface area contributed by atoms with E-state index in [0.29, 0.717) is 18.6 Å². The van der Waals surface area contributed by atoms with Gasteiger partial charge < -0.3 is 19.7 Å². The molecular formula is C13H18N2O5. The molecule has 1 rings (SSSR count). The molecule has 0 saturated heterocycles. The van der Waals surface area contributed by atoms with Crippen molar-refractivity contribution >= 4 is 17.8 Å². The van der Waals surface area contributed by atoms with E-state index in [1.165, 1.54) is 17.0 Å². The smallest absolute Gasteiger partial charge is 0.371 e. The van der Waals surface area contributed by atoms with Crippen LogP contribution in [0.3, 0.4) is 0 Å². The molecule has 7 heteroatoms. The van der Waals surface area contributed by atoms with Gasteiger partial charge in [0.15, 0.2) is 0 Å². The standard InChI is InChI=1S/C13H18N2O5/c1-15(2)12(17)5-3-4-11(16)14-8-9-6-7-10(20-9)13(18)19/h6-7H,3-5,8H2,1-2H3,(H,14,16)(H,18,19). The second-order valence-corrected chi connectivity index (χ2v) is 4.49. The minimum Gasteiger partial charge on any atom is -0.475 e. The number of nitrogens with one attached hydrogen (secondary N) is 1. The van der Waals surface area contributed by atoms with Crippen LogP contribution >= 0.6 is 0 Å². The number of carbonyl (C=O) groups excluding carboxylic acids is 2. The van der Waals surface area contributed by atoms with Crippen LogP contribution < -0.4 is 5.32 Å². The highest BCUT2D eigenvalue weighted by Crippen LogP contribution is 2.07. The molecule has 0 bridgehead atoms. The van der Waals surface area contributed by atoms with E-state index < -0.39 is 5.97 Å². The van der Waals surface area contributed by atoms with Crippen molar-refractivity contribution in [2.75, 3.05) is 14.1 Å². The topological polar surface area (TPSA) is 99.9 Å². The van der Waals surface area contributed by atoms with Gasteiger partial charge in [-0.1, -0.05) is 0 Å². The summed E-state index contributed by atoms with van der Waals surface area (Å²) in [6.45, 7) is 0.133. The van der Waals surface area contributed by atoms with Crippen LogP contribution in [0.5, 0.6) is 0 Å². The van der Waals surface area contributed by atoms with Crippen molar-refractivity contribution < 1.29 is 23.9 Å². The molecule has 0 spiro atoms. The summed E-state index contributed by atoms with van der Waals surface area (Å²) in [5.74, 6) is -1.16. The summed E-state index contributed by atoms with van der Waals surface area (Å²) in [4.78, 5) is 34.9. The van der Waals surface area contributed by atoms with Crippen molar-refractivity contribution in [3.63, 3.8) is 0 Å². The van der Waals surface area contributed by atoms with Gasteiger partial charge in [-0.15, -0.1) is 0 Å². The number of amides is 2. The first-order chi connectivity index (χ1) is 9.40. The van der Waals surface area contributed by atoms with Crippen molar-refractivity contribution in [2.24, 2.45) is 0 Å². The molecule has 0 fully saturated rings. The van der Waals surface area contributed by atoms with E-state index in [1.54, 1.807) is 14.1 Å². The molecule has 0 atom stereocenters. The Hall–Kier alpha value is -2.31. The summed E-state index contributed by atoms with van der Waals surface area (Å²) in [6.07, 6.45) is 1.04. The predicted molar refractivity (Wildman–Crippen MR) is 70.1 cm³/mol. The van der Waals surface area contributed by atoms with E-state index in [2.05, 4.69) is 5.32 Å². The first-order valence-electron chi connectivity index (χ1n) is 6.19. The Morgan fingerprint density at radius 3 is 2.50 bits per heavy atom. The van der Waals surface area contributed by atoms with Crippen molar-refractivity contribution in [3.05, 3.63) is 23.7 Å². The lowest BCUT2D eigenvalue weighted by Crippen LogP contribution is -2.24. The lowest BCUT2D eigenvalue weighted by Gasteiger charge is -2.09. The molecule has 1 heterocycles. The number of furan rings is 1. The van der Waals surface area contributed by atoms with Crippen molar-refractivity contribution in [1.82, 2.24) is 10.2 Å². The number of carboxylic acid groups (broad SMARTS) is 1. The van der Waals surface area contributed by atoms with Crippen LogP contribution in [-0.4, -0.2) is 41.9 Å². The first kappa shape index (κ1) is 15.7. The molecule has 2 amide bonds. The summed E-state index contributed by atoms with van der Waals surface area (Å²) in [5.41, 5.74) is 0. The lowest BCUT2D eigenvalue weighted by molar-refractivity contribution is -0.129. The highest BCUT2D eigenvalue weighted by atomic mass is 16.4. The molecule has 0 unspecified atom stereocenters. The molecule has 0 aliphatic heterocycles. The van der Waals surface area contributed by atoms with E-state index >= 15 is 0 Å². The Balaban J connectivity index is 2.25. The fraction of sp³-hybridized carbons (Fsp3) is 0.462. The van der Waals surface area contributed by atoms with Gasteiger partial charge in [-0.25, -0.2) is 4.79 Å². The van der Waals surface area contributed by atoms with Crippen LogP contribution in [-0.2, 0) is 16.1 Å². The molecule has 1 aromatic rings. The van der Waals surface area contributed by atoms with Crippen LogP contribution in [0, 0.1) is 0 Å². The molecule has 7 nitrogen and oxygen atoms in total. The number of carbonyl (C=O) groups is 3. The zero-order valence-electron chi connectivity index (χ0n) is 11.5. The van der Waals surface area contributed by atoms with Gasteiger partial charge in [-0.05, 0) is 18.6 Å². The molecule has 1 aromatic heterocycles. The second-order valence-electron chi connectivity index (χ2n) is 4.49. The minimum atomic E-state index is -1.15. The quantitative estimate of drug-likeness (QED) is 0.772. The van der Waals surface area contributed by atoms with Crippen LogP contribution in [0.2, 0.25) is 0 Å². The lowest BCUT2D eigenvalue weighted by atomic mass is 10.2. The van der Waals surface area contributed by atoms with Crippen LogP contribution in [0.4, 0.5) is 0 Å². The summed E-state index contributed by atoms with van der Waals surface area (Å²) in [5, 5.41) is 11.3. The Labute approximate surface area is 116 Å². The van der Waals surface area contributed by atoms with Crippen molar-refractivity contribution in [1.29, 1.82) is 0 Å². The summed E-state index contributed by atoms with van der Waals surface area (Å²) < 4.78 is 4.99. The van der Waals surface area contributed by atoms with Crippen LogP contribution in [0.1, 0.15) is 35.6 Å². The number of aromatic carboxylic acids is 1. The zero-order valence-corrected chi connectivity index (χ0v) is 11.5. The fourth-order valence-electron chi connectivity index (χ4n) is 1.49. The monoisotopic (exact) mass is 282 g/mol. The van der Waals surface area contributed by atoms with Gasteiger partial charge >= 0.3 is 5.97 Å². The Morgan fingerprint density at radius 1 is 1.25 bits per heavy atom. The van der Waals surface area contributed by atoms with Crippen LogP contribution in [0.25, 0.3) is 0 Å². The van der Waals surface area contributed by atoms with Crippen molar-refractivity contribution in [3.8, 4) is 0 Å². The first-order valence-corrected chi connectivity index (χ1v) is 6.19. The minimum absolute atomic E-state index is 0.0186. The van der Waals surface area contributed by atoms with Gasteiger partial charge in [0.2, 0.25) is 17.6 Å². The maximum Gasteiger partial charge on any atom is 0.371 e. The number of hydrogen-bond acceptors (Lipinski definition) is 4. The average molecular weight is 282 g/mol. The highest BCUT2D eigenvalue weighted by Gasteiger charge is 2.10. The maximum atomic E-state index is 11.5. The molecule has 0 radical (unpaired) electrons. The van der Waals surface area contributed by atoms with E-state index in [1.807, 2.05) is 0 Å². The van der Waals surface area contributed by atoms with Gasteiger partial charge in [0.1, 0.15) is 5.76 Å². The molecule has 0 aliphatic carbocycles. The summed E-state index contributed by atoms with van der Waals surface area (Å²) >= 11 is 0. The average Bonchev–Trinajstić information content (AvgIpc) is 2.85. The number of hydrogen-bond donors (Lipinski definition) is 2. The molecule has 0 saturated carbocycles. The van der Waals surface area contributed by atoms with E-state index in [9.17, 15) is 14.4 Å². The van der Waals surface area contributed by atoms with Gasteiger partial charge in [0.25, 0.3) is 0 Å². The highest BCUT2D eigenvalue weighted by molar-refractivity contribution is 5.84. The third-order valence-electron chi connectivity index (χ3n) is 2.63. The zero-order chi connectivity index (χ0) is 15.1. The molecule has 20 heavy (non-hydrogen) atoms. The number of nitrogens with zero attached hydrogens (tertiary/aromatic N) is 1. The fourth-order valence-corrected chi connectivity index (χ4v) is 1.49. The van der Waals surface area contributed by atoms with Crippen LogP contribution in [0.15, 0.2) is 16.5 Å². The summed E-state index contributed by atoms with van der Waals surface area (Å²) in [6, 6.07) is 2.83. The second kappa shape index (κ2) is 7.32. The molecular weight excluding hydrogens is 264 g/mol. The van der Waals surface area contributed by atoms with E-state index in [4.69, 9.17) is 9.52 Å². The number of rotatable bonds is 7. The molecule has 0 aliphatic rings. The Bertz CT molecular complexity index is 493. The van der Waals surface area contributed by atoms with E-state index in [-0.39, 0.29) is 30.5 Å². The Morgan fingerprint density at radius 2 is 1.95 bits per heavy atom. The van der Waals surface area contributed by atoms with Gasteiger partial charge in [-0.2, -0.15) is 0 Å². The Kier molecular flexibility index (Phi) is 5.76. The number of carboxylic acids is 1. The molecule has 110 valence electrons. The molecule has 2 N–H and O–H groups in total. The van der Waals surface area contributed by atoms with Gasteiger partial charge in [0.05, 0.1) is 6.54 Å². The van der Waals surface area contributed by atoms with Crippen molar-refractivity contribution in [2.45, 2.75) is 25.8 Å². The predicted octanol–water partition coefficient (Wildman–Crippen LogP) is 0.852. The normalized spacial score (nSPS) is 10.1.